The third kappa shape index (κ3) is 3.65. The van der Waals surface area contributed by atoms with Crippen LogP contribution in [-0.2, 0) is 11.2 Å². The van der Waals surface area contributed by atoms with E-state index in [1.807, 2.05) is 31.2 Å². The number of carbonyl (C=O) groups is 1. The van der Waals surface area contributed by atoms with Crippen molar-refractivity contribution in [1.82, 2.24) is 0 Å². The van der Waals surface area contributed by atoms with Crippen molar-refractivity contribution in [2.24, 2.45) is 11.8 Å². The van der Waals surface area contributed by atoms with E-state index in [0.29, 0.717) is 5.92 Å². The Morgan fingerprint density at radius 2 is 1.88 bits per heavy atom. The van der Waals surface area contributed by atoms with Crippen LogP contribution in [0.2, 0.25) is 0 Å². The summed E-state index contributed by atoms with van der Waals surface area (Å²) in [5.41, 5.74) is 1.24. The molecule has 1 heteroatoms. The average Bonchev–Trinajstić information content (AvgIpc) is 2.27. The summed E-state index contributed by atoms with van der Waals surface area (Å²) in [6.07, 6.45) is 4.35. The monoisotopic (exact) mass is 216 g/mol. The standard InChI is InChI=1S/C15H20O/c1-4-8-15(16)14(12(2)3)11-13-9-6-5-7-10-13/h4-10,12,14H,11H2,1-3H3/b8-4+/t14-/m1/s1. The fraction of sp³-hybridized carbons (Fsp3) is 0.400. The van der Waals surface area contributed by atoms with E-state index in [-0.39, 0.29) is 11.7 Å². The first-order valence-corrected chi connectivity index (χ1v) is 5.85. The summed E-state index contributed by atoms with van der Waals surface area (Å²) in [6, 6.07) is 10.2. The van der Waals surface area contributed by atoms with Crippen molar-refractivity contribution in [3.05, 3.63) is 48.0 Å². The van der Waals surface area contributed by atoms with Crippen LogP contribution in [0, 0.1) is 11.8 Å². The van der Waals surface area contributed by atoms with Crippen LogP contribution in [0.4, 0.5) is 0 Å². The van der Waals surface area contributed by atoms with Gasteiger partial charge in [-0.3, -0.25) is 4.79 Å². The number of ketones is 1. The molecule has 0 amide bonds. The van der Waals surface area contributed by atoms with Gasteiger partial charge in [0.15, 0.2) is 5.78 Å². The van der Waals surface area contributed by atoms with E-state index in [4.69, 9.17) is 0 Å². The van der Waals surface area contributed by atoms with Gasteiger partial charge in [-0.2, -0.15) is 0 Å². The minimum Gasteiger partial charge on any atom is -0.295 e. The van der Waals surface area contributed by atoms with Crippen LogP contribution < -0.4 is 0 Å². The van der Waals surface area contributed by atoms with E-state index in [1.54, 1.807) is 6.08 Å². The molecule has 0 heterocycles. The molecule has 0 N–H and O–H groups in total. The fourth-order valence-corrected chi connectivity index (χ4v) is 1.82. The van der Waals surface area contributed by atoms with Gasteiger partial charge in [-0.05, 0) is 30.9 Å². The molecule has 16 heavy (non-hydrogen) atoms. The Bertz CT molecular complexity index is 349. The molecular formula is C15H20O. The predicted molar refractivity (Wildman–Crippen MR) is 68.3 cm³/mol. The Hall–Kier alpha value is -1.37. The Labute approximate surface area is 98.2 Å². The first-order chi connectivity index (χ1) is 7.65. The molecule has 0 aliphatic carbocycles. The highest BCUT2D eigenvalue weighted by atomic mass is 16.1. The zero-order valence-corrected chi connectivity index (χ0v) is 10.3. The number of hydrogen-bond donors (Lipinski definition) is 0. The molecule has 86 valence electrons. The Morgan fingerprint density at radius 3 is 2.38 bits per heavy atom. The lowest BCUT2D eigenvalue weighted by Gasteiger charge is -2.17. The Morgan fingerprint density at radius 1 is 1.25 bits per heavy atom. The van der Waals surface area contributed by atoms with Crippen LogP contribution in [0.5, 0.6) is 0 Å². The molecule has 0 aromatic heterocycles. The quantitative estimate of drug-likeness (QED) is 0.687. The Balaban J connectivity index is 2.77. The van der Waals surface area contributed by atoms with Crippen LogP contribution in [-0.4, -0.2) is 5.78 Å². The van der Waals surface area contributed by atoms with E-state index >= 15 is 0 Å². The van der Waals surface area contributed by atoms with E-state index in [1.165, 1.54) is 5.56 Å². The van der Waals surface area contributed by atoms with Crippen LogP contribution in [0.25, 0.3) is 0 Å². The molecule has 0 aliphatic rings. The van der Waals surface area contributed by atoms with E-state index in [2.05, 4.69) is 26.0 Å². The van der Waals surface area contributed by atoms with E-state index < -0.39 is 0 Å². The van der Waals surface area contributed by atoms with Crippen molar-refractivity contribution >= 4 is 5.78 Å². The molecule has 0 radical (unpaired) electrons. The van der Waals surface area contributed by atoms with Gasteiger partial charge < -0.3 is 0 Å². The van der Waals surface area contributed by atoms with E-state index in [0.717, 1.165) is 6.42 Å². The topological polar surface area (TPSA) is 17.1 Å². The molecule has 0 saturated heterocycles. The summed E-state index contributed by atoms with van der Waals surface area (Å²) in [4.78, 5) is 11.9. The van der Waals surface area contributed by atoms with Gasteiger partial charge in [0.25, 0.3) is 0 Å². The van der Waals surface area contributed by atoms with Crippen molar-refractivity contribution in [1.29, 1.82) is 0 Å². The van der Waals surface area contributed by atoms with Crippen LogP contribution in [0.3, 0.4) is 0 Å². The average molecular weight is 216 g/mol. The van der Waals surface area contributed by atoms with Gasteiger partial charge in [0.1, 0.15) is 0 Å². The largest absolute Gasteiger partial charge is 0.295 e. The van der Waals surface area contributed by atoms with Gasteiger partial charge >= 0.3 is 0 Å². The molecule has 0 bridgehead atoms. The third-order valence-electron chi connectivity index (χ3n) is 2.80. The number of benzene rings is 1. The SMILES string of the molecule is C/C=C/C(=O)[C@H](Cc1ccccc1)C(C)C. The first kappa shape index (κ1) is 12.7. The maximum atomic E-state index is 11.9. The van der Waals surface area contributed by atoms with Gasteiger partial charge in [0, 0.05) is 5.92 Å². The van der Waals surface area contributed by atoms with Crippen molar-refractivity contribution in [3.8, 4) is 0 Å². The Kier molecular flexibility index (Phi) is 4.97. The van der Waals surface area contributed by atoms with Gasteiger partial charge in [-0.15, -0.1) is 0 Å². The second-order valence-corrected chi connectivity index (χ2v) is 4.44. The second-order valence-electron chi connectivity index (χ2n) is 4.44. The molecule has 1 aromatic carbocycles. The van der Waals surface area contributed by atoms with Crippen molar-refractivity contribution in [3.63, 3.8) is 0 Å². The first-order valence-electron chi connectivity index (χ1n) is 5.85. The van der Waals surface area contributed by atoms with Crippen LogP contribution in [0.1, 0.15) is 26.3 Å². The molecule has 1 aromatic rings. The zero-order chi connectivity index (χ0) is 12.0. The van der Waals surface area contributed by atoms with Crippen molar-refractivity contribution in [2.75, 3.05) is 0 Å². The maximum absolute atomic E-state index is 11.9. The number of allylic oxidation sites excluding steroid dienone is 2. The molecule has 1 atom stereocenters. The molecule has 1 nitrogen and oxygen atoms in total. The predicted octanol–water partition coefficient (Wildman–Crippen LogP) is 3.65. The normalized spacial score (nSPS) is 13.2. The summed E-state index contributed by atoms with van der Waals surface area (Å²) < 4.78 is 0. The molecular weight excluding hydrogens is 196 g/mol. The summed E-state index contributed by atoms with van der Waals surface area (Å²) in [5.74, 6) is 0.712. The van der Waals surface area contributed by atoms with Crippen LogP contribution >= 0.6 is 0 Å². The summed E-state index contributed by atoms with van der Waals surface area (Å²) >= 11 is 0. The highest BCUT2D eigenvalue weighted by molar-refractivity contribution is 5.92. The van der Waals surface area contributed by atoms with Crippen molar-refractivity contribution < 1.29 is 4.79 Å². The lowest BCUT2D eigenvalue weighted by atomic mass is 9.85. The van der Waals surface area contributed by atoms with Crippen molar-refractivity contribution in [2.45, 2.75) is 27.2 Å². The summed E-state index contributed by atoms with van der Waals surface area (Å²) in [5, 5.41) is 0. The molecule has 0 unspecified atom stereocenters. The maximum Gasteiger partial charge on any atom is 0.159 e. The lowest BCUT2D eigenvalue weighted by Crippen LogP contribution is -2.21. The fourth-order valence-electron chi connectivity index (χ4n) is 1.82. The zero-order valence-electron chi connectivity index (χ0n) is 10.3. The minimum atomic E-state index is 0.0959. The molecule has 1 rings (SSSR count). The summed E-state index contributed by atoms with van der Waals surface area (Å²) in [6.45, 7) is 6.10. The molecule has 0 saturated carbocycles. The number of rotatable bonds is 5. The smallest absolute Gasteiger partial charge is 0.159 e. The second kappa shape index (κ2) is 6.26. The third-order valence-corrected chi connectivity index (χ3v) is 2.80. The van der Waals surface area contributed by atoms with E-state index in [9.17, 15) is 4.79 Å². The molecule has 0 fully saturated rings. The highest BCUT2D eigenvalue weighted by Gasteiger charge is 2.19. The van der Waals surface area contributed by atoms with Crippen LogP contribution in [0.15, 0.2) is 42.5 Å². The highest BCUT2D eigenvalue weighted by Crippen LogP contribution is 2.18. The van der Waals surface area contributed by atoms with Gasteiger partial charge in [-0.1, -0.05) is 50.3 Å². The lowest BCUT2D eigenvalue weighted by molar-refractivity contribution is -0.119. The number of hydrogen-bond acceptors (Lipinski definition) is 1. The summed E-state index contributed by atoms with van der Waals surface area (Å²) in [7, 11) is 0. The molecule has 0 spiro atoms. The molecule has 0 aliphatic heterocycles. The number of carbonyl (C=O) groups excluding carboxylic acids is 1. The van der Waals surface area contributed by atoms with Gasteiger partial charge in [0.2, 0.25) is 0 Å². The minimum absolute atomic E-state index is 0.0959. The van der Waals surface area contributed by atoms with Gasteiger partial charge in [0.05, 0.1) is 0 Å². The van der Waals surface area contributed by atoms with Gasteiger partial charge in [-0.25, -0.2) is 0 Å².